The van der Waals surface area contributed by atoms with Gasteiger partial charge in [-0.25, -0.2) is 4.99 Å². The highest BCUT2D eigenvalue weighted by atomic mass is 32.1. The lowest BCUT2D eigenvalue weighted by Gasteiger charge is -2.20. The molecule has 1 N–H and O–H groups in total. The van der Waals surface area contributed by atoms with Crippen LogP contribution >= 0.6 is 11.3 Å². The molecular formula is C13H21N3S. The molecule has 0 spiro atoms. The number of rotatable bonds is 3. The van der Waals surface area contributed by atoms with E-state index in [0.29, 0.717) is 0 Å². The fourth-order valence-electron chi connectivity index (χ4n) is 2.07. The predicted molar refractivity (Wildman–Crippen MR) is 74.7 cm³/mol. The van der Waals surface area contributed by atoms with E-state index in [2.05, 4.69) is 35.5 Å². The first-order valence-electron chi connectivity index (χ1n) is 6.37. The summed E-state index contributed by atoms with van der Waals surface area (Å²) in [4.78, 5) is 8.48. The van der Waals surface area contributed by atoms with Crippen LogP contribution < -0.4 is 5.32 Å². The second-order valence-corrected chi connectivity index (χ2v) is 5.39. The summed E-state index contributed by atoms with van der Waals surface area (Å²) in [5, 5.41) is 5.53. The van der Waals surface area contributed by atoms with Crippen molar-refractivity contribution >= 4 is 17.3 Å². The van der Waals surface area contributed by atoms with Gasteiger partial charge in [0.25, 0.3) is 0 Å². The van der Waals surface area contributed by atoms with Gasteiger partial charge < -0.3 is 10.2 Å². The number of likely N-dealkylation sites (tertiary alicyclic amines) is 1. The number of hydrogen-bond acceptors (Lipinski definition) is 2. The van der Waals surface area contributed by atoms with E-state index >= 15 is 0 Å². The van der Waals surface area contributed by atoms with Gasteiger partial charge in [-0.2, -0.15) is 0 Å². The Hall–Kier alpha value is -1.03. The lowest BCUT2D eigenvalue weighted by atomic mass is 10.3. The third kappa shape index (κ3) is 3.22. The fourth-order valence-corrected chi connectivity index (χ4v) is 2.90. The quantitative estimate of drug-likeness (QED) is 0.660. The van der Waals surface area contributed by atoms with Crippen LogP contribution in [-0.4, -0.2) is 30.5 Å². The van der Waals surface area contributed by atoms with Gasteiger partial charge in [0.1, 0.15) is 0 Å². The molecule has 0 saturated carbocycles. The number of hydrogen-bond donors (Lipinski definition) is 1. The highest BCUT2D eigenvalue weighted by Gasteiger charge is 2.15. The van der Waals surface area contributed by atoms with E-state index in [-0.39, 0.29) is 0 Å². The molecule has 1 aliphatic heterocycles. The standard InChI is InChI=1S/C13H21N3S/c1-3-14-13(16-7-4-5-8-16)15-10-12-11(2)6-9-17-12/h6,9H,3-5,7-8,10H2,1-2H3,(H,14,15). The van der Waals surface area contributed by atoms with Crippen molar-refractivity contribution < 1.29 is 0 Å². The normalized spacial score (nSPS) is 16.6. The highest BCUT2D eigenvalue weighted by molar-refractivity contribution is 7.10. The van der Waals surface area contributed by atoms with E-state index in [1.54, 1.807) is 11.3 Å². The Kier molecular flexibility index (Phi) is 4.42. The van der Waals surface area contributed by atoms with Crippen molar-refractivity contribution in [3.8, 4) is 0 Å². The fraction of sp³-hybridized carbons (Fsp3) is 0.615. The highest BCUT2D eigenvalue weighted by Crippen LogP contribution is 2.17. The summed E-state index contributed by atoms with van der Waals surface area (Å²) < 4.78 is 0. The molecule has 17 heavy (non-hydrogen) atoms. The minimum Gasteiger partial charge on any atom is -0.357 e. The molecule has 2 heterocycles. The van der Waals surface area contributed by atoms with Crippen molar-refractivity contribution in [1.29, 1.82) is 0 Å². The van der Waals surface area contributed by atoms with E-state index in [0.717, 1.165) is 32.1 Å². The van der Waals surface area contributed by atoms with Crippen molar-refractivity contribution in [1.82, 2.24) is 10.2 Å². The molecule has 4 heteroatoms. The van der Waals surface area contributed by atoms with Gasteiger partial charge in [0.05, 0.1) is 6.54 Å². The number of nitrogens with zero attached hydrogens (tertiary/aromatic N) is 2. The second kappa shape index (κ2) is 6.05. The minimum atomic E-state index is 0.808. The van der Waals surface area contributed by atoms with Crippen molar-refractivity contribution in [3.05, 3.63) is 21.9 Å². The zero-order chi connectivity index (χ0) is 12.1. The summed E-state index contributed by atoms with van der Waals surface area (Å²) in [6.07, 6.45) is 2.59. The number of nitrogens with one attached hydrogen (secondary N) is 1. The topological polar surface area (TPSA) is 27.6 Å². The Morgan fingerprint density at radius 3 is 2.82 bits per heavy atom. The van der Waals surface area contributed by atoms with Crippen LogP contribution in [0.25, 0.3) is 0 Å². The molecule has 1 saturated heterocycles. The zero-order valence-electron chi connectivity index (χ0n) is 10.7. The molecule has 0 radical (unpaired) electrons. The van der Waals surface area contributed by atoms with Crippen LogP contribution in [0.2, 0.25) is 0 Å². The summed E-state index contributed by atoms with van der Waals surface area (Å²) in [6.45, 7) is 8.33. The lowest BCUT2D eigenvalue weighted by Crippen LogP contribution is -2.39. The Balaban J connectivity index is 2.02. The predicted octanol–water partition coefficient (Wildman–Crippen LogP) is 2.62. The van der Waals surface area contributed by atoms with E-state index in [1.165, 1.54) is 23.3 Å². The van der Waals surface area contributed by atoms with Gasteiger partial charge in [0.15, 0.2) is 5.96 Å². The van der Waals surface area contributed by atoms with Crippen molar-refractivity contribution in [3.63, 3.8) is 0 Å². The minimum absolute atomic E-state index is 0.808. The average molecular weight is 251 g/mol. The molecule has 0 unspecified atom stereocenters. The second-order valence-electron chi connectivity index (χ2n) is 4.39. The molecule has 2 rings (SSSR count). The van der Waals surface area contributed by atoms with E-state index in [4.69, 9.17) is 4.99 Å². The van der Waals surface area contributed by atoms with Gasteiger partial charge in [-0.3, -0.25) is 0 Å². The van der Waals surface area contributed by atoms with Gasteiger partial charge in [-0.05, 0) is 43.7 Å². The number of guanidine groups is 1. The van der Waals surface area contributed by atoms with Gasteiger partial charge >= 0.3 is 0 Å². The van der Waals surface area contributed by atoms with Crippen LogP contribution in [0.1, 0.15) is 30.2 Å². The van der Waals surface area contributed by atoms with Crippen LogP contribution in [-0.2, 0) is 6.54 Å². The van der Waals surface area contributed by atoms with E-state index < -0.39 is 0 Å². The third-order valence-electron chi connectivity index (χ3n) is 3.08. The molecule has 1 aliphatic rings. The molecule has 0 aliphatic carbocycles. The number of thiophene rings is 1. The molecule has 3 nitrogen and oxygen atoms in total. The molecule has 0 atom stereocenters. The summed E-state index contributed by atoms with van der Waals surface area (Å²) in [6, 6.07) is 2.16. The van der Waals surface area contributed by atoms with Gasteiger partial charge in [-0.15, -0.1) is 11.3 Å². The van der Waals surface area contributed by atoms with E-state index in [9.17, 15) is 0 Å². The van der Waals surface area contributed by atoms with Crippen molar-refractivity contribution in [2.24, 2.45) is 4.99 Å². The first-order valence-corrected chi connectivity index (χ1v) is 7.25. The van der Waals surface area contributed by atoms with Gasteiger partial charge in [0.2, 0.25) is 0 Å². The van der Waals surface area contributed by atoms with Crippen LogP contribution in [0.5, 0.6) is 0 Å². The molecule has 0 bridgehead atoms. The maximum absolute atomic E-state index is 4.74. The molecule has 0 amide bonds. The maximum Gasteiger partial charge on any atom is 0.194 e. The molecule has 0 aromatic carbocycles. The van der Waals surface area contributed by atoms with Crippen molar-refractivity contribution in [2.45, 2.75) is 33.2 Å². The van der Waals surface area contributed by atoms with Gasteiger partial charge in [0, 0.05) is 24.5 Å². The van der Waals surface area contributed by atoms with Gasteiger partial charge in [-0.1, -0.05) is 0 Å². The SMILES string of the molecule is CCNC(=NCc1sccc1C)N1CCCC1. The Labute approximate surface area is 108 Å². The Morgan fingerprint density at radius 1 is 1.47 bits per heavy atom. The lowest BCUT2D eigenvalue weighted by molar-refractivity contribution is 0.494. The monoisotopic (exact) mass is 251 g/mol. The van der Waals surface area contributed by atoms with Crippen LogP contribution in [0.15, 0.2) is 16.4 Å². The summed E-state index contributed by atoms with van der Waals surface area (Å²) >= 11 is 1.80. The van der Waals surface area contributed by atoms with E-state index in [1.807, 2.05) is 0 Å². The van der Waals surface area contributed by atoms with Crippen LogP contribution in [0.4, 0.5) is 0 Å². The molecule has 1 aromatic rings. The molecular weight excluding hydrogens is 230 g/mol. The molecule has 1 aromatic heterocycles. The maximum atomic E-state index is 4.74. The summed E-state index contributed by atoms with van der Waals surface area (Å²) in [7, 11) is 0. The van der Waals surface area contributed by atoms with Crippen molar-refractivity contribution in [2.75, 3.05) is 19.6 Å². The third-order valence-corrected chi connectivity index (χ3v) is 4.09. The average Bonchev–Trinajstić information content (AvgIpc) is 2.96. The Bertz CT molecular complexity index is 378. The number of aryl methyl sites for hydroxylation is 1. The zero-order valence-corrected chi connectivity index (χ0v) is 11.5. The largest absolute Gasteiger partial charge is 0.357 e. The molecule has 94 valence electrons. The van der Waals surface area contributed by atoms with Crippen LogP contribution in [0.3, 0.4) is 0 Å². The smallest absolute Gasteiger partial charge is 0.194 e. The van der Waals surface area contributed by atoms with Crippen LogP contribution in [0, 0.1) is 6.92 Å². The first kappa shape index (κ1) is 12.4. The number of aliphatic imine (C=N–C) groups is 1. The Morgan fingerprint density at radius 2 is 2.24 bits per heavy atom. The first-order chi connectivity index (χ1) is 8.31. The summed E-state index contributed by atoms with van der Waals surface area (Å²) in [5.41, 5.74) is 1.36. The summed E-state index contributed by atoms with van der Waals surface area (Å²) in [5.74, 6) is 1.08. The molecule has 1 fully saturated rings.